The summed E-state index contributed by atoms with van der Waals surface area (Å²) in [5, 5.41) is 24.9. The molecule has 2 atom stereocenters. The Morgan fingerprint density at radius 3 is 2.41 bits per heavy atom. The molecule has 4 N–H and O–H groups in total. The number of nitrogens with one attached hydrogen (secondary N) is 1. The van der Waals surface area contributed by atoms with Gasteiger partial charge in [-0.25, -0.2) is 23.9 Å². The molecule has 32 heavy (non-hydrogen) atoms. The Morgan fingerprint density at radius 2 is 1.88 bits per heavy atom. The summed E-state index contributed by atoms with van der Waals surface area (Å²) in [4.78, 5) is 37.5. The van der Waals surface area contributed by atoms with E-state index in [4.69, 9.17) is 15.6 Å². The van der Waals surface area contributed by atoms with Gasteiger partial charge >= 0.3 is 17.9 Å². The van der Waals surface area contributed by atoms with E-state index in [0.717, 1.165) is 12.0 Å². The predicted octanol–water partition coefficient (Wildman–Crippen LogP) is 2.46. The molecule has 3 amide bonds. The number of urea groups is 1. The number of hydrogen-bond donors (Lipinski definition) is 3. The molecule has 10 nitrogen and oxygen atoms in total. The van der Waals surface area contributed by atoms with E-state index in [1.165, 1.54) is 4.90 Å². The first-order chi connectivity index (χ1) is 15.2. The molecule has 1 aromatic rings. The second-order valence-electron chi connectivity index (χ2n) is 7.70. The summed E-state index contributed by atoms with van der Waals surface area (Å²) >= 11 is 0. The van der Waals surface area contributed by atoms with Crippen LogP contribution in [0, 0.1) is 5.21 Å². The number of imide groups is 1. The minimum absolute atomic E-state index is 0.0187. The highest BCUT2D eigenvalue weighted by molar-refractivity contribution is 5.98. The van der Waals surface area contributed by atoms with Crippen molar-refractivity contribution in [2.24, 2.45) is 5.73 Å². The first-order valence-electron chi connectivity index (χ1n) is 10.8. The average Bonchev–Trinajstić information content (AvgIpc) is 2.77. The minimum atomic E-state index is -1.58. The third-order valence-electron chi connectivity index (χ3n) is 5.35. The Balaban J connectivity index is 2.22. The SMILES string of the molecule is CCCN1C(=O)[N+]([O-])(CCC)C(=O)C(NCC(CC)c2ccc(OCC(=O)O)cc2)=C1N. The second kappa shape index (κ2) is 11.0. The Bertz CT molecular complexity index is 870. The Kier molecular flexibility index (Phi) is 8.62. The van der Waals surface area contributed by atoms with Gasteiger partial charge in [0.2, 0.25) is 0 Å². The maximum absolute atomic E-state index is 13.2. The van der Waals surface area contributed by atoms with Crippen molar-refractivity contribution in [3.05, 3.63) is 46.6 Å². The van der Waals surface area contributed by atoms with E-state index in [0.29, 0.717) is 25.1 Å². The topological polar surface area (TPSA) is 145 Å². The number of quaternary nitrogens is 1. The monoisotopic (exact) mass is 448 g/mol. The molecule has 1 heterocycles. The molecule has 0 bridgehead atoms. The van der Waals surface area contributed by atoms with Gasteiger partial charge in [-0.15, -0.1) is 0 Å². The number of aliphatic carboxylic acids is 1. The molecular weight excluding hydrogens is 416 g/mol. The van der Waals surface area contributed by atoms with Gasteiger partial charge in [-0.1, -0.05) is 32.9 Å². The summed E-state index contributed by atoms with van der Waals surface area (Å²) in [6.07, 6.45) is 1.70. The van der Waals surface area contributed by atoms with Crippen LogP contribution in [0.15, 0.2) is 35.8 Å². The lowest BCUT2D eigenvalue weighted by molar-refractivity contribution is -0.723. The number of amides is 3. The largest absolute Gasteiger partial charge is 0.616 e. The summed E-state index contributed by atoms with van der Waals surface area (Å²) in [7, 11) is 0. The minimum Gasteiger partial charge on any atom is -0.616 e. The number of benzene rings is 1. The van der Waals surface area contributed by atoms with Crippen molar-refractivity contribution in [3.8, 4) is 5.75 Å². The highest BCUT2D eigenvalue weighted by Gasteiger charge is 2.48. The van der Waals surface area contributed by atoms with Gasteiger partial charge in [-0.3, -0.25) is 0 Å². The first-order valence-corrected chi connectivity index (χ1v) is 10.8. The molecule has 1 aromatic carbocycles. The molecule has 2 rings (SSSR count). The number of nitrogens with zero attached hydrogens (tertiary/aromatic N) is 2. The van der Waals surface area contributed by atoms with Crippen LogP contribution in [0.3, 0.4) is 0 Å². The van der Waals surface area contributed by atoms with Crippen molar-refractivity contribution in [3.63, 3.8) is 0 Å². The fourth-order valence-electron chi connectivity index (χ4n) is 3.63. The number of hydrogen-bond acceptors (Lipinski definition) is 7. The van der Waals surface area contributed by atoms with E-state index in [1.807, 2.05) is 26.0 Å². The number of carbonyl (C=O) groups is 3. The predicted molar refractivity (Wildman–Crippen MR) is 118 cm³/mol. The Morgan fingerprint density at radius 1 is 1.22 bits per heavy atom. The van der Waals surface area contributed by atoms with E-state index in [2.05, 4.69) is 5.32 Å². The summed E-state index contributed by atoms with van der Waals surface area (Å²) in [5.41, 5.74) is 7.06. The van der Waals surface area contributed by atoms with Crippen molar-refractivity contribution in [2.75, 3.05) is 26.2 Å². The standard InChI is InChI=1S/C22H32N4O6/c1-4-11-25-20(23)19(21(29)26(31,12-5-2)22(25)30)24-13-15(6-3)16-7-9-17(10-8-16)32-14-18(27)28/h7-10,15,24H,4-6,11-14,23H2,1-3H3,(H,27,28). The fraction of sp³-hybridized carbons (Fsp3) is 0.500. The van der Waals surface area contributed by atoms with Crippen LogP contribution in [0.2, 0.25) is 0 Å². The number of ether oxygens (including phenoxy) is 1. The van der Waals surface area contributed by atoms with Crippen LogP contribution < -0.4 is 15.8 Å². The average molecular weight is 449 g/mol. The van der Waals surface area contributed by atoms with Gasteiger partial charge in [-0.2, -0.15) is 0 Å². The molecular formula is C22H32N4O6. The summed E-state index contributed by atoms with van der Waals surface area (Å²) < 4.78 is 3.57. The van der Waals surface area contributed by atoms with Crippen molar-refractivity contribution in [1.29, 1.82) is 0 Å². The third-order valence-corrected chi connectivity index (χ3v) is 5.35. The van der Waals surface area contributed by atoms with Gasteiger partial charge in [0.15, 0.2) is 12.3 Å². The molecule has 10 heteroatoms. The van der Waals surface area contributed by atoms with Crippen LogP contribution in [0.5, 0.6) is 5.75 Å². The summed E-state index contributed by atoms with van der Waals surface area (Å²) in [5.74, 6) is -1.52. The van der Waals surface area contributed by atoms with Crippen molar-refractivity contribution >= 4 is 17.9 Å². The van der Waals surface area contributed by atoms with E-state index in [-0.39, 0.29) is 30.5 Å². The lowest BCUT2D eigenvalue weighted by Crippen LogP contribution is -2.64. The number of carboxylic acid groups (broad SMARTS) is 1. The number of hydroxylamine groups is 3. The highest BCUT2D eigenvalue weighted by Crippen LogP contribution is 2.27. The summed E-state index contributed by atoms with van der Waals surface area (Å²) in [6.45, 7) is 5.60. The second-order valence-corrected chi connectivity index (χ2v) is 7.70. The van der Waals surface area contributed by atoms with Crippen LogP contribution in [0.25, 0.3) is 0 Å². The molecule has 1 aliphatic rings. The molecule has 0 radical (unpaired) electrons. The molecule has 2 unspecified atom stereocenters. The van der Waals surface area contributed by atoms with Crippen molar-refractivity contribution < 1.29 is 28.9 Å². The number of rotatable bonds is 12. The molecule has 0 saturated carbocycles. The fourth-order valence-corrected chi connectivity index (χ4v) is 3.63. The number of carboxylic acids is 1. The normalized spacial score (nSPS) is 19.8. The van der Waals surface area contributed by atoms with Crippen LogP contribution in [0.1, 0.15) is 51.5 Å². The zero-order valence-corrected chi connectivity index (χ0v) is 18.8. The number of nitrogens with two attached hydrogens (primary N) is 1. The quantitative estimate of drug-likeness (QED) is 0.327. The molecule has 1 aliphatic heterocycles. The summed E-state index contributed by atoms with van der Waals surface area (Å²) in [6, 6.07) is 6.17. The van der Waals surface area contributed by atoms with Gasteiger partial charge < -0.3 is 26.1 Å². The number of carbonyl (C=O) groups excluding carboxylic acids is 2. The van der Waals surface area contributed by atoms with E-state index in [9.17, 15) is 19.6 Å². The van der Waals surface area contributed by atoms with E-state index >= 15 is 0 Å². The maximum atomic E-state index is 13.2. The van der Waals surface area contributed by atoms with Gasteiger partial charge in [0, 0.05) is 19.0 Å². The molecule has 0 saturated heterocycles. The first kappa shape index (κ1) is 25.2. The Hall–Kier alpha value is -3.11. The molecule has 0 aliphatic carbocycles. The zero-order chi connectivity index (χ0) is 23.9. The van der Waals surface area contributed by atoms with Crippen LogP contribution in [0.4, 0.5) is 4.79 Å². The van der Waals surface area contributed by atoms with E-state index in [1.54, 1.807) is 19.1 Å². The zero-order valence-electron chi connectivity index (χ0n) is 18.8. The smallest absolute Gasteiger partial charge is 0.432 e. The molecule has 0 aromatic heterocycles. The highest BCUT2D eigenvalue weighted by atomic mass is 16.6. The maximum Gasteiger partial charge on any atom is 0.432 e. The van der Waals surface area contributed by atoms with Gasteiger partial charge in [0.25, 0.3) is 0 Å². The van der Waals surface area contributed by atoms with Gasteiger partial charge in [-0.05, 0) is 37.0 Å². The van der Waals surface area contributed by atoms with E-state index < -0.39 is 29.2 Å². The van der Waals surface area contributed by atoms with Crippen molar-refractivity contribution in [1.82, 2.24) is 10.2 Å². The molecule has 0 spiro atoms. The molecule has 0 fully saturated rings. The van der Waals surface area contributed by atoms with Gasteiger partial charge in [0.1, 0.15) is 11.6 Å². The van der Waals surface area contributed by atoms with Crippen molar-refractivity contribution in [2.45, 2.75) is 46.0 Å². The van der Waals surface area contributed by atoms with Crippen LogP contribution in [-0.4, -0.2) is 58.8 Å². The molecule has 176 valence electrons. The Labute approximate surface area is 187 Å². The van der Waals surface area contributed by atoms with Crippen LogP contribution >= 0.6 is 0 Å². The van der Waals surface area contributed by atoms with Crippen LogP contribution in [-0.2, 0) is 9.59 Å². The van der Waals surface area contributed by atoms with Gasteiger partial charge in [0.05, 0.1) is 6.54 Å². The lowest BCUT2D eigenvalue weighted by Gasteiger charge is -2.43. The lowest BCUT2D eigenvalue weighted by atomic mass is 9.96. The third kappa shape index (κ3) is 5.38.